The summed E-state index contributed by atoms with van der Waals surface area (Å²) in [5, 5.41) is 28.3. The van der Waals surface area contributed by atoms with E-state index in [2.05, 4.69) is 15.9 Å². The van der Waals surface area contributed by atoms with E-state index >= 15 is 0 Å². The summed E-state index contributed by atoms with van der Waals surface area (Å²) in [7, 11) is 0. The quantitative estimate of drug-likeness (QED) is 0.648. The Balaban J connectivity index is 3.55. The van der Waals surface area contributed by atoms with Crippen LogP contribution in [0.15, 0.2) is 16.6 Å². The summed E-state index contributed by atoms with van der Waals surface area (Å²) in [4.78, 5) is 19.8. The molecule has 1 atom stereocenters. The highest BCUT2D eigenvalue weighted by molar-refractivity contribution is 9.10. The van der Waals surface area contributed by atoms with E-state index in [9.17, 15) is 33.2 Å². The van der Waals surface area contributed by atoms with Crippen LogP contribution in [0.25, 0.3) is 0 Å². The number of aliphatic hydroxyl groups is 1. The predicted octanol–water partition coefficient (Wildman–Crippen LogP) is 2.49. The zero-order valence-electron chi connectivity index (χ0n) is 8.81. The number of aliphatic hydroxyl groups excluding tert-OH is 1. The molecular formula is C9H5BrF3NO5. The summed E-state index contributed by atoms with van der Waals surface area (Å²) in [6, 6.07) is 1.06. The van der Waals surface area contributed by atoms with Crippen LogP contribution in [0.2, 0.25) is 0 Å². The smallest absolute Gasteiger partial charge is 0.424 e. The molecule has 1 rings (SSSR count). The lowest BCUT2D eigenvalue weighted by Gasteiger charge is -2.12. The lowest BCUT2D eigenvalue weighted by Crippen LogP contribution is -2.14. The number of carboxylic acids is 1. The second kappa shape index (κ2) is 5.13. The van der Waals surface area contributed by atoms with Crippen LogP contribution < -0.4 is 0 Å². The fourth-order valence-corrected chi connectivity index (χ4v) is 2.03. The number of benzene rings is 1. The highest BCUT2D eigenvalue weighted by Gasteiger charge is 2.41. The monoisotopic (exact) mass is 343 g/mol. The van der Waals surface area contributed by atoms with Gasteiger partial charge in [0.2, 0.25) is 0 Å². The van der Waals surface area contributed by atoms with Gasteiger partial charge in [-0.15, -0.1) is 0 Å². The Morgan fingerprint density at radius 3 is 2.32 bits per heavy atom. The van der Waals surface area contributed by atoms with Gasteiger partial charge in [-0.1, -0.05) is 0 Å². The Hall–Kier alpha value is -1.68. The first-order valence-electron chi connectivity index (χ1n) is 4.51. The summed E-state index contributed by atoms with van der Waals surface area (Å²) in [5.41, 5.74) is -3.41. The number of carboxylic acid groups (broad SMARTS) is 1. The Morgan fingerprint density at radius 2 is 1.95 bits per heavy atom. The van der Waals surface area contributed by atoms with E-state index < -0.39 is 44.5 Å². The van der Waals surface area contributed by atoms with Crippen molar-refractivity contribution in [3.05, 3.63) is 37.8 Å². The van der Waals surface area contributed by atoms with Crippen LogP contribution in [0, 0.1) is 10.1 Å². The van der Waals surface area contributed by atoms with E-state index in [0.717, 1.165) is 0 Å². The third-order valence-corrected chi connectivity index (χ3v) is 2.75. The number of hydrogen-bond acceptors (Lipinski definition) is 4. The SMILES string of the molecule is O=C(O)C(O)c1cc(Br)c(C(F)(F)F)c([N+](=O)[O-])c1. The second-order valence-corrected chi connectivity index (χ2v) is 4.25. The van der Waals surface area contributed by atoms with Gasteiger partial charge in [-0.25, -0.2) is 4.79 Å². The molecule has 0 aromatic heterocycles. The molecule has 0 aliphatic rings. The molecule has 0 aliphatic heterocycles. The first kappa shape index (κ1) is 15.4. The van der Waals surface area contributed by atoms with Gasteiger partial charge >= 0.3 is 12.1 Å². The van der Waals surface area contributed by atoms with E-state index in [1.165, 1.54) is 0 Å². The van der Waals surface area contributed by atoms with Crippen LogP contribution >= 0.6 is 15.9 Å². The average Bonchev–Trinajstić information content (AvgIpc) is 2.24. The van der Waals surface area contributed by atoms with Crippen LogP contribution in [0.3, 0.4) is 0 Å². The first-order chi connectivity index (χ1) is 8.55. The van der Waals surface area contributed by atoms with Crippen molar-refractivity contribution in [2.45, 2.75) is 12.3 Å². The maximum Gasteiger partial charge on any atom is 0.424 e. The normalized spacial score (nSPS) is 13.1. The van der Waals surface area contributed by atoms with Crippen LogP contribution in [-0.4, -0.2) is 21.1 Å². The Morgan fingerprint density at radius 1 is 1.42 bits per heavy atom. The Labute approximate surface area is 111 Å². The van der Waals surface area contributed by atoms with Gasteiger partial charge in [0.1, 0.15) is 5.56 Å². The van der Waals surface area contributed by atoms with E-state index in [4.69, 9.17) is 5.11 Å². The molecule has 6 nitrogen and oxygen atoms in total. The van der Waals surface area contributed by atoms with E-state index in [-0.39, 0.29) is 0 Å². The van der Waals surface area contributed by atoms with Gasteiger partial charge in [0, 0.05) is 10.5 Å². The molecule has 1 aromatic carbocycles. The van der Waals surface area contributed by atoms with E-state index in [0.29, 0.717) is 12.1 Å². The molecule has 0 amide bonds. The average molecular weight is 344 g/mol. The molecule has 0 saturated carbocycles. The molecule has 0 saturated heterocycles. The number of halogens is 4. The van der Waals surface area contributed by atoms with E-state index in [1.54, 1.807) is 0 Å². The van der Waals surface area contributed by atoms with Crippen molar-refractivity contribution in [3.8, 4) is 0 Å². The molecule has 0 heterocycles. The lowest BCUT2D eigenvalue weighted by atomic mass is 10.0. The molecule has 0 fully saturated rings. The van der Waals surface area contributed by atoms with Crippen molar-refractivity contribution in [1.82, 2.24) is 0 Å². The van der Waals surface area contributed by atoms with Crippen LogP contribution in [0.4, 0.5) is 18.9 Å². The number of rotatable bonds is 3. The van der Waals surface area contributed by atoms with E-state index in [1.807, 2.05) is 0 Å². The molecule has 1 aromatic rings. The highest BCUT2D eigenvalue weighted by atomic mass is 79.9. The maximum absolute atomic E-state index is 12.6. The zero-order valence-corrected chi connectivity index (χ0v) is 10.4. The summed E-state index contributed by atoms with van der Waals surface area (Å²) in [6.07, 6.45) is -7.15. The zero-order chi connectivity index (χ0) is 15.0. The summed E-state index contributed by atoms with van der Waals surface area (Å²) >= 11 is 2.49. The van der Waals surface area contributed by atoms with Gasteiger partial charge in [-0.05, 0) is 27.6 Å². The van der Waals surface area contributed by atoms with Crippen molar-refractivity contribution < 1.29 is 33.1 Å². The van der Waals surface area contributed by atoms with Gasteiger partial charge in [0.05, 0.1) is 4.92 Å². The number of hydrogen-bond donors (Lipinski definition) is 2. The summed E-state index contributed by atoms with van der Waals surface area (Å²) < 4.78 is 37.2. The molecule has 0 spiro atoms. The minimum atomic E-state index is -4.99. The molecule has 2 N–H and O–H groups in total. The fraction of sp³-hybridized carbons (Fsp3) is 0.222. The van der Waals surface area contributed by atoms with Crippen LogP contribution in [0.5, 0.6) is 0 Å². The molecule has 10 heteroatoms. The molecule has 0 radical (unpaired) electrons. The molecule has 0 aliphatic carbocycles. The topological polar surface area (TPSA) is 101 Å². The minimum absolute atomic E-state index is 0.381. The predicted molar refractivity (Wildman–Crippen MR) is 58.4 cm³/mol. The standard InChI is InChI=1S/C9H5BrF3NO5/c10-4-1-3(7(15)8(16)17)2-5(14(18)19)6(4)9(11,12)13/h1-2,7,15H,(H,16,17). The van der Waals surface area contributed by atoms with Gasteiger partial charge < -0.3 is 10.2 Å². The Kier molecular flexibility index (Phi) is 4.15. The molecule has 0 bridgehead atoms. The molecule has 19 heavy (non-hydrogen) atoms. The van der Waals surface area contributed by atoms with Gasteiger partial charge in [-0.3, -0.25) is 10.1 Å². The van der Waals surface area contributed by atoms with Gasteiger partial charge in [-0.2, -0.15) is 13.2 Å². The highest BCUT2D eigenvalue weighted by Crippen LogP contribution is 2.42. The third-order valence-electron chi connectivity index (χ3n) is 2.12. The Bertz CT molecular complexity index is 545. The number of nitrogens with zero attached hydrogens (tertiary/aromatic N) is 1. The fourth-order valence-electron chi connectivity index (χ4n) is 1.34. The third kappa shape index (κ3) is 3.20. The van der Waals surface area contributed by atoms with Crippen molar-refractivity contribution in [1.29, 1.82) is 0 Å². The minimum Gasteiger partial charge on any atom is -0.479 e. The number of carbonyl (C=O) groups is 1. The van der Waals surface area contributed by atoms with Crippen molar-refractivity contribution in [2.75, 3.05) is 0 Å². The number of alkyl halides is 3. The lowest BCUT2D eigenvalue weighted by molar-refractivity contribution is -0.388. The van der Waals surface area contributed by atoms with Crippen molar-refractivity contribution >= 4 is 27.6 Å². The molecular weight excluding hydrogens is 339 g/mol. The molecule has 1 unspecified atom stereocenters. The second-order valence-electron chi connectivity index (χ2n) is 3.39. The number of nitro benzene ring substituents is 1. The first-order valence-corrected chi connectivity index (χ1v) is 5.31. The number of nitro groups is 1. The van der Waals surface area contributed by atoms with Gasteiger partial charge in [0.15, 0.2) is 6.10 Å². The maximum atomic E-state index is 12.6. The van der Waals surface area contributed by atoms with Crippen molar-refractivity contribution in [3.63, 3.8) is 0 Å². The summed E-state index contributed by atoms with van der Waals surface area (Å²) in [5.74, 6) is -1.74. The van der Waals surface area contributed by atoms with Gasteiger partial charge in [0.25, 0.3) is 5.69 Å². The van der Waals surface area contributed by atoms with Crippen molar-refractivity contribution in [2.24, 2.45) is 0 Å². The number of aliphatic carboxylic acids is 1. The largest absolute Gasteiger partial charge is 0.479 e. The molecule has 104 valence electrons. The van der Waals surface area contributed by atoms with Crippen LogP contribution in [-0.2, 0) is 11.0 Å². The van der Waals surface area contributed by atoms with Crippen LogP contribution in [0.1, 0.15) is 17.2 Å². The summed E-state index contributed by atoms with van der Waals surface area (Å²) in [6.45, 7) is 0.